The van der Waals surface area contributed by atoms with Gasteiger partial charge >= 0.3 is 0 Å². The summed E-state index contributed by atoms with van der Waals surface area (Å²) in [4.78, 5) is 22.1. The Morgan fingerprint density at radius 2 is 1.50 bits per heavy atom. The number of Topliss-reactive ketones (excluding diaryl/α,β-unsaturated/α-hetero) is 1. The lowest BCUT2D eigenvalue weighted by atomic mass is 9.84. The highest BCUT2D eigenvalue weighted by molar-refractivity contribution is 6.71. The van der Waals surface area contributed by atoms with Crippen molar-refractivity contribution in [3.05, 3.63) is 47.0 Å². The maximum absolute atomic E-state index is 12.1. The van der Waals surface area contributed by atoms with E-state index in [0.717, 1.165) is 6.08 Å². The van der Waals surface area contributed by atoms with Gasteiger partial charge in [0.15, 0.2) is 10.7 Å². The Morgan fingerprint density at radius 3 is 2.06 bits per heavy atom. The summed E-state index contributed by atoms with van der Waals surface area (Å²) in [6.07, 6.45) is 0.951. The third kappa shape index (κ3) is 1.79. The van der Waals surface area contributed by atoms with Gasteiger partial charge in [0.2, 0.25) is 10.1 Å². The molecule has 0 N–H and O–H groups in total. The van der Waals surface area contributed by atoms with Crippen LogP contribution < -0.4 is 0 Å². The molecule has 0 radical (unpaired) electrons. The summed E-state index contributed by atoms with van der Waals surface area (Å²) in [6, 6.07) is 8.23. The van der Waals surface area contributed by atoms with Gasteiger partial charge in [0.05, 0.1) is 5.03 Å². The zero-order valence-electron chi connectivity index (χ0n) is 8.79. The highest BCUT2D eigenvalue weighted by atomic mass is 35.5. The molecule has 0 fully saturated rings. The van der Waals surface area contributed by atoms with Crippen LogP contribution in [0.25, 0.3) is 0 Å². The van der Waals surface area contributed by atoms with Crippen LogP contribution in [0.3, 0.4) is 0 Å². The lowest BCUT2D eigenvalue weighted by Gasteiger charge is -2.37. The minimum atomic E-state index is -2.14. The van der Waals surface area contributed by atoms with E-state index in [1.807, 2.05) is 0 Å². The second-order valence-electron chi connectivity index (χ2n) is 3.78. The monoisotopic (exact) mass is 322 g/mol. The van der Waals surface area contributed by atoms with Gasteiger partial charge in [-0.1, -0.05) is 65.1 Å². The summed E-state index contributed by atoms with van der Waals surface area (Å²) in [5.74, 6) is -1.41. The predicted molar refractivity (Wildman–Crippen MR) is 72.4 cm³/mol. The fourth-order valence-electron chi connectivity index (χ4n) is 1.73. The van der Waals surface area contributed by atoms with E-state index in [0.29, 0.717) is 5.56 Å². The maximum atomic E-state index is 12.1. The van der Waals surface area contributed by atoms with Crippen molar-refractivity contribution in [3.8, 4) is 0 Å². The molecule has 1 aliphatic rings. The Morgan fingerprint density at radius 1 is 0.944 bits per heavy atom. The van der Waals surface area contributed by atoms with Crippen LogP contribution in [0.2, 0.25) is 0 Å². The van der Waals surface area contributed by atoms with Crippen molar-refractivity contribution in [3.63, 3.8) is 0 Å². The number of hydrogen-bond donors (Lipinski definition) is 0. The van der Waals surface area contributed by atoms with Crippen molar-refractivity contribution < 1.29 is 9.59 Å². The molecule has 1 aromatic rings. The molecule has 2 nitrogen and oxygen atoms in total. The third-order valence-corrected chi connectivity index (χ3v) is 4.78. The first kappa shape index (κ1) is 13.9. The van der Waals surface area contributed by atoms with Crippen LogP contribution in [-0.2, 0) is 14.5 Å². The van der Waals surface area contributed by atoms with Crippen molar-refractivity contribution in [2.45, 2.75) is 9.21 Å². The van der Waals surface area contributed by atoms with Crippen molar-refractivity contribution in [2.24, 2.45) is 0 Å². The number of ketones is 2. The van der Waals surface area contributed by atoms with Gasteiger partial charge in [-0.3, -0.25) is 9.59 Å². The predicted octanol–water partition coefficient (Wildman–Crippen LogP) is 3.57. The van der Waals surface area contributed by atoms with E-state index in [4.69, 9.17) is 46.4 Å². The molecule has 94 valence electrons. The van der Waals surface area contributed by atoms with Gasteiger partial charge in [0, 0.05) is 6.08 Å². The Labute approximate surface area is 123 Å². The van der Waals surface area contributed by atoms with E-state index < -0.39 is 20.8 Å². The summed E-state index contributed by atoms with van der Waals surface area (Å²) in [5, 5.41) is -0.322. The number of carbonyl (C=O) groups excluding carboxylic acids is 2. The number of hydrogen-bond acceptors (Lipinski definition) is 2. The normalized spacial score (nSPS) is 27.0. The largest absolute Gasteiger partial charge is 0.292 e. The van der Waals surface area contributed by atoms with E-state index in [1.54, 1.807) is 30.3 Å². The molecule has 0 aromatic heterocycles. The van der Waals surface area contributed by atoms with Gasteiger partial charge < -0.3 is 0 Å². The molecule has 0 spiro atoms. The molecule has 1 aliphatic carbocycles. The van der Waals surface area contributed by atoms with E-state index >= 15 is 0 Å². The minimum Gasteiger partial charge on any atom is -0.292 e. The van der Waals surface area contributed by atoms with Gasteiger partial charge in [0.25, 0.3) is 0 Å². The van der Waals surface area contributed by atoms with Crippen LogP contribution in [-0.4, -0.2) is 15.9 Å². The van der Waals surface area contributed by atoms with Crippen LogP contribution >= 0.6 is 46.4 Å². The van der Waals surface area contributed by atoms with E-state index in [-0.39, 0.29) is 5.03 Å². The zero-order chi connectivity index (χ0) is 13.6. The lowest BCUT2D eigenvalue weighted by Crippen LogP contribution is -2.53. The zero-order valence-corrected chi connectivity index (χ0v) is 11.8. The Balaban J connectivity index is 2.69. The molecule has 1 aromatic carbocycles. The van der Waals surface area contributed by atoms with Crippen molar-refractivity contribution in [1.29, 1.82) is 0 Å². The summed E-state index contributed by atoms with van der Waals surface area (Å²) >= 11 is 23.9. The molecule has 1 unspecified atom stereocenters. The number of rotatable bonds is 1. The second kappa shape index (κ2) is 4.53. The van der Waals surface area contributed by atoms with E-state index in [9.17, 15) is 9.59 Å². The maximum Gasteiger partial charge on any atom is 0.212 e. The highest BCUT2D eigenvalue weighted by Crippen LogP contribution is 2.52. The number of allylic oxidation sites excluding steroid dienone is 2. The molecule has 0 aliphatic heterocycles. The first-order valence-electron chi connectivity index (χ1n) is 4.90. The summed E-state index contributed by atoms with van der Waals surface area (Å²) < 4.78 is -2.14. The van der Waals surface area contributed by atoms with E-state index in [2.05, 4.69) is 0 Å². The molecule has 0 amide bonds. The number of carbonyl (C=O) groups is 2. The molecule has 0 saturated carbocycles. The third-order valence-electron chi connectivity index (χ3n) is 2.70. The summed E-state index contributed by atoms with van der Waals surface area (Å²) in [5.41, 5.74) is 0.343. The van der Waals surface area contributed by atoms with Crippen molar-refractivity contribution in [1.82, 2.24) is 0 Å². The number of alkyl halides is 3. The fraction of sp³-hybridized carbons (Fsp3) is 0.167. The molecule has 0 heterocycles. The number of benzene rings is 1. The van der Waals surface area contributed by atoms with E-state index in [1.165, 1.54) is 0 Å². The molecular weight excluding hydrogens is 318 g/mol. The lowest BCUT2D eigenvalue weighted by molar-refractivity contribution is -0.124. The van der Waals surface area contributed by atoms with Gasteiger partial charge in [0.1, 0.15) is 0 Å². The van der Waals surface area contributed by atoms with Crippen LogP contribution in [0.15, 0.2) is 41.4 Å². The SMILES string of the molecule is O=C1C(Cl)=CC(=O)C(Cl)(c2ccccc2)C1(Cl)Cl. The Bertz CT molecular complexity index is 550. The molecular formula is C12H6Cl4O2. The second-order valence-corrected chi connectivity index (χ2v) is 6.09. The minimum absolute atomic E-state index is 0.322. The molecule has 0 saturated heterocycles. The van der Waals surface area contributed by atoms with Crippen LogP contribution in [0.5, 0.6) is 0 Å². The first-order chi connectivity index (χ1) is 8.31. The van der Waals surface area contributed by atoms with Gasteiger partial charge in [-0.25, -0.2) is 0 Å². The quantitative estimate of drug-likeness (QED) is 0.740. The Hall–Kier alpha value is -0.540. The molecule has 2 rings (SSSR count). The standard InChI is InChI=1S/C12H6Cl4O2/c13-8-6-9(17)11(14,12(15,16)10(8)18)7-4-2-1-3-5-7/h1-6H. The van der Waals surface area contributed by atoms with Gasteiger partial charge in [-0.2, -0.15) is 0 Å². The van der Waals surface area contributed by atoms with Crippen LogP contribution in [0.4, 0.5) is 0 Å². The van der Waals surface area contributed by atoms with Crippen molar-refractivity contribution in [2.75, 3.05) is 0 Å². The van der Waals surface area contributed by atoms with Crippen LogP contribution in [0, 0.1) is 0 Å². The van der Waals surface area contributed by atoms with Gasteiger partial charge in [-0.05, 0) is 5.56 Å². The topological polar surface area (TPSA) is 34.1 Å². The highest BCUT2D eigenvalue weighted by Gasteiger charge is 2.61. The molecule has 0 bridgehead atoms. The van der Waals surface area contributed by atoms with Crippen LogP contribution in [0.1, 0.15) is 5.56 Å². The smallest absolute Gasteiger partial charge is 0.212 e. The molecule has 1 atom stereocenters. The van der Waals surface area contributed by atoms with Gasteiger partial charge in [-0.15, -0.1) is 11.6 Å². The molecule has 18 heavy (non-hydrogen) atoms. The number of halogens is 4. The van der Waals surface area contributed by atoms with Crippen molar-refractivity contribution >= 4 is 58.0 Å². The summed E-state index contributed by atoms with van der Waals surface area (Å²) in [7, 11) is 0. The molecule has 6 heteroatoms. The fourth-order valence-corrected chi connectivity index (χ4v) is 2.94. The Kier molecular flexibility index (Phi) is 3.50. The average molecular weight is 324 g/mol. The first-order valence-corrected chi connectivity index (χ1v) is 6.41. The average Bonchev–Trinajstić information content (AvgIpc) is 2.35. The summed E-state index contributed by atoms with van der Waals surface area (Å²) in [6.45, 7) is 0.